The number of pyridine rings is 1. The van der Waals surface area contributed by atoms with Crippen molar-refractivity contribution in [1.29, 1.82) is 0 Å². The predicted molar refractivity (Wildman–Crippen MR) is 71.9 cm³/mol. The molecule has 0 atom stereocenters. The quantitative estimate of drug-likeness (QED) is 0.901. The van der Waals surface area contributed by atoms with Crippen LogP contribution in [0, 0.1) is 6.92 Å². The van der Waals surface area contributed by atoms with Crippen LogP contribution in [0.4, 0.5) is 5.69 Å². The van der Waals surface area contributed by atoms with Gasteiger partial charge in [0, 0.05) is 11.1 Å². The predicted octanol–water partition coefficient (Wildman–Crippen LogP) is 3.12. The van der Waals surface area contributed by atoms with Crippen molar-refractivity contribution < 1.29 is 14.6 Å². The minimum absolute atomic E-state index is 0.0457. The summed E-state index contributed by atoms with van der Waals surface area (Å²) in [4.78, 5) is 14.9. The first-order chi connectivity index (χ1) is 8.97. The van der Waals surface area contributed by atoms with E-state index < -0.39 is 5.97 Å². The molecule has 0 spiro atoms. The Kier molecular flexibility index (Phi) is 3.57. The van der Waals surface area contributed by atoms with Crippen LogP contribution in [-0.2, 0) is 0 Å². The van der Waals surface area contributed by atoms with E-state index in [0.717, 1.165) is 5.56 Å². The molecule has 0 aliphatic rings. The smallest absolute Gasteiger partial charge is 0.338 e. The van der Waals surface area contributed by atoms with E-state index in [1.54, 1.807) is 18.2 Å². The number of nitrogens with two attached hydrogens (primary N) is 1. The topological polar surface area (TPSA) is 85.4 Å². The van der Waals surface area contributed by atoms with Crippen molar-refractivity contribution in [2.24, 2.45) is 0 Å². The number of carbonyl (C=O) groups is 1. The van der Waals surface area contributed by atoms with Crippen LogP contribution in [-0.4, -0.2) is 16.1 Å². The summed E-state index contributed by atoms with van der Waals surface area (Å²) < 4.78 is 5.47. The standard InChI is InChI=1S/C13H11ClN2O3/c1-7-4-8(2-3-10(7)14)19-12-5-9(13(17)18)11(15)6-16-12/h2-6H,15H2,1H3,(H,17,18). The Hall–Kier alpha value is -2.27. The number of carboxylic acids is 1. The fourth-order valence-electron chi connectivity index (χ4n) is 1.49. The highest BCUT2D eigenvalue weighted by Crippen LogP contribution is 2.26. The summed E-state index contributed by atoms with van der Waals surface area (Å²) in [6.45, 7) is 1.84. The third-order valence-electron chi connectivity index (χ3n) is 2.49. The Bertz CT molecular complexity index is 644. The molecule has 1 aromatic carbocycles. The Labute approximate surface area is 114 Å². The van der Waals surface area contributed by atoms with E-state index in [2.05, 4.69) is 4.98 Å². The van der Waals surface area contributed by atoms with Gasteiger partial charge in [0.25, 0.3) is 0 Å². The van der Waals surface area contributed by atoms with Gasteiger partial charge < -0.3 is 15.6 Å². The fourth-order valence-corrected chi connectivity index (χ4v) is 1.61. The number of halogens is 1. The molecule has 0 amide bonds. The minimum Gasteiger partial charge on any atom is -0.478 e. The molecule has 0 saturated heterocycles. The van der Waals surface area contributed by atoms with E-state index >= 15 is 0 Å². The first-order valence-corrected chi connectivity index (χ1v) is 5.78. The third-order valence-corrected chi connectivity index (χ3v) is 2.92. The molecule has 2 aromatic rings. The molecule has 0 aliphatic carbocycles. The highest BCUT2D eigenvalue weighted by molar-refractivity contribution is 6.31. The van der Waals surface area contributed by atoms with Gasteiger partial charge in [-0.05, 0) is 30.7 Å². The molecule has 0 fully saturated rings. The zero-order valence-electron chi connectivity index (χ0n) is 10.1. The number of carboxylic acid groups (broad SMARTS) is 1. The fraction of sp³-hybridized carbons (Fsp3) is 0.0769. The highest BCUT2D eigenvalue weighted by Gasteiger charge is 2.11. The van der Waals surface area contributed by atoms with Gasteiger partial charge in [0.2, 0.25) is 5.88 Å². The van der Waals surface area contributed by atoms with Crippen molar-refractivity contribution in [1.82, 2.24) is 4.98 Å². The van der Waals surface area contributed by atoms with Gasteiger partial charge in [0.15, 0.2) is 0 Å². The van der Waals surface area contributed by atoms with Crippen LogP contribution in [0.25, 0.3) is 0 Å². The Morgan fingerprint density at radius 3 is 2.79 bits per heavy atom. The number of aryl methyl sites for hydroxylation is 1. The molecule has 6 heteroatoms. The molecular weight excluding hydrogens is 268 g/mol. The van der Waals surface area contributed by atoms with E-state index in [9.17, 15) is 4.79 Å². The number of aromatic carboxylic acids is 1. The van der Waals surface area contributed by atoms with Gasteiger partial charge in [0.1, 0.15) is 5.75 Å². The first-order valence-electron chi connectivity index (χ1n) is 5.40. The molecule has 2 rings (SSSR count). The number of benzene rings is 1. The van der Waals surface area contributed by atoms with Crippen molar-refractivity contribution in [3.8, 4) is 11.6 Å². The zero-order chi connectivity index (χ0) is 14.0. The van der Waals surface area contributed by atoms with E-state index in [4.69, 9.17) is 27.2 Å². The number of anilines is 1. The summed E-state index contributed by atoms with van der Waals surface area (Å²) in [6, 6.07) is 6.39. The third kappa shape index (κ3) is 2.95. The Morgan fingerprint density at radius 2 is 2.16 bits per heavy atom. The van der Waals surface area contributed by atoms with E-state index in [0.29, 0.717) is 10.8 Å². The van der Waals surface area contributed by atoms with Crippen molar-refractivity contribution >= 4 is 23.3 Å². The Balaban J connectivity index is 2.30. The van der Waals surface area contributed by atoms with Gasteiger partial charge in [-0.25, -0.2) is 9.78 Å². The molecule has 0 unspecified atom stereocenters. The molecule has 0 radical (unpaired) electrons. The van der Waals surface area contributed by atoms with Crippen LogP contribution in [0.15, 0.2) is 30.5 Å². The molecule has 0 saturated carbocycles. The number of nitrogen functional groups attached to an aromatic ring is 1. The number of hydrogen-bond donors (Lipinski definition) is 2. The SMILES string of the molecule is Cc1cc(Oc2cc(C(=O)O)c(N)cn2)ccc1Cl. The largest absolute Gasteiger partial charge is 0.478 e. The van der Waals surface area contributed by atoms with Crippen molar-refractivity contribution in [2.75, 3.05) is 5.73 Å². The van der Waals surface area contributed by atoms with Gasteiger partial charge in [-0.15, -0.1) is 0 Å². The van der Waals surface area contributed by atoms with Gasteiger partial charge in [0.05, 0.1) is 17.4 Å². The molecule has 19 heavy (non-hydrogen) atoms. The summed E-state index contributed by atoms with van der Waals surface area (Å²) in [5, 5.41) is 9.58. The maximum absolute atomic E-state index is 10.9. The van der Waals surface area contributed by atoms with Gasteiger partial charge in [-0.2, -0.15) is 0 Å². The van der Waals surface area contributed by atoms with Crippen LogP contribution in [0.5, 0.6) is 11.6 Å². The normalized spacial score (nSPS) is 10.2. The van der Waals surface area contributed by atoms with Crippen LogP contribution >= 0.6 is 11.6 Å². The second-order valence-electron chi connectivity index (χ2n) is 3.93. The molecule has 5 nitrogen and oxygen atoms in total. The molecule has 0 bridgehead atoms. The summed E-state index contributed by atoms with van der Waals surface area (Å²) in [5.74, 6) is -0.444. The molecule has 1 heterocycles. The molecular formula is C13H11ClN2O3. The summed E-state index contributed by atoms with van der Waals surface area (Å²) >= 11 is 5.91. The van der Waals surface area contributed by atoms with Crippen molar-refractivity contribution in [3.05, 3.63) is 46.6 Å². The minimum atomic E-state index is -1.13. The number of rotatable bonds is 3. The van der Waals surface area contributed by atoms with Gasteiger partial charge >= 0.3 is 5.97 Å². The van der Waals surface area contributed by atoms with Crippen LogP contribution < -0.4 is 10.5 Å². The maximum atomic E-state index is 10.9. The average Bonchev–Trinajstić information content (AvgIpc) is 2.36. The lowest BCUT2D eigenvalue weighted by molar-refractivity contribution is 0.0697. The lowest BCUT2D eigenvalue weighted by Gasteiger charge is -2.08. The monoisotopic (exact) mass is 278 g/mol. The second kappa shape index (κ2) is 5.16. The molecule has 98 valence electrons. The number of aromatic nitrogens is 1. The number of ether oxygens (including phenoxy) is 1. The van der Waals surface area contributed by atoms with Crippen molar-refractivity contribution in [3.63, 3.8) is 0 Å². The highest BCUT2D eigenvalue weighted by atomic mass is 35.5. The number of nitrogens with zero attached hydrogens (tertiary/aromatic N) is 1. The van der Waals surface area contributed by atoms with Gasteiger partial charge in [-0.3, -0.25) is 0 Å². The van der Waals surface area contributed by atoms with Crippen LogP contribution in [0.1, 0.15) is 15.9 Å². The average molecular weight is 279 g/mol. The van der Waals surface area contributed by atoms with E-state index in [1.165, 1.54) is 12.3 Å². The summed E-state index contributed by atoms with van der Waals surface area (Å²) in [6.07, 6.45) is 1.25. The van der Waals surface area contributed by atoms with Crippen LogP contribution in [0.3, 0.4) is 0 Å². The summed E-state index contributed by atoms with van der Waals surface area (Å²) in [7, 11) is 0. The Morgan fingerprint density at radius 1 is 1.42 bits per heavy atom. The van der Waals surface area contributed by atoms with Crippen LogP contribution in [0.2, 0.25) is 5.02 Å². The lowest BCUT2D eigenvalue weighted by atomic mass is 10.2. The van der Waals surface area contributed by atoms with E-state index in [-0.39, 0.29) is 17.1 Å². The molecule has 3 N–H and O–H groups in total. The summed E-state index contributed by atoms with van der Waals surface area (Å²) in [5.41, 5.74) is 6.41. The lowest BCUT2D eigenvalue weighted by Crippen LogP contribution is -2.03. The number of hydrogen-bond acceptors (Lipinski definition) is 4. The zero-order valence-corrected chi connectivity index (χ0v) is 10.8. The second-order valence-corrected chi connectivity index (χ2v) is 4.34. The molecule has 1 aromatic heterocycles. The van der Waals surface area contributed by atoms with E-state index in [1.807, 2.05) is 6.92 Å². The molecule has 0 aliphatic heterocycles. The van der Waals surface area contributed by atoms with Crippen molar-refractivity contribution in [2.45, 2.75) is 6.92 Å². The first kappa shape index (κ1) is 13.2. The maximum Gasteiger partial charge on any atom is 0.338 e. The van der Waals surface area contributed by atoms with Gasteiger partial charge in [-0.1, -0.05) is 11.6 Å².